The first-order valence-corrected chi connectivity index (χ1v) is 13.4. The van der Waals surface area contributed by atoms with Crippen molar-refractivity contribution < 1.29 is 41.8 Å². The fourth-order valence-corrected chi connectivity index (χ4v) is 5.34. The highest BCUT2D eigenvalue weighted by Crippen LogP contribution is 2.39. The predicted molar refractivity (Wildman–Crippen MR) is 143 cm³/mol. The smallest absolute Gasteiger partial charge is 0.410 e. The molecule has 3 amide bonds. The Balaban J connectivity index is 1.76. The second kappa shape index (κ2) is 13.1. The molecule has 0 bridgehead atoms. The number of alkyl halides is 2. The average Bonchev–Trinajstić information content (AvgIpc) is 3.35. The van der Waals surface area contributed by atoms with Gasteiger partial charge in [-0.3, -0.25) is 19.4 Å². The van der Waals surface area contributed by atoms with Gasteiger partial charge in [-0.1, -0.05) is 35.9 Å². The van der Waals surface area contributed by atoms with Crippen LogP contribution < -0.4 is 10.2 Å². The van der Waals surface area contributed by atoms with E-state index in [-0.39, 0.29) is 42.5 Å². The Kier molecular flexibility index (Phi) is 9.77. The third kappa shape index (κ3) is 7.11. The fraction of sp³-hybridized carbons (Fsp3) is 0.464. The van der Waals surface area contributed by atoms with Crippen LogP contribution in [0.25, 0.3) is 0 Å². The zero-order valence-corrected chi connectivity index (χ0v) is 23.3. The highest BCUT2D eigenvalue weighted by molar-refractivity contribution is 6.31. The topological polar surface area (TPSA) is 97.4 Å². The normalized spacial score (nSPS) is 20.7. The summed E-state index contributed by atoms with van der Waals surface area (Å²) in [7, 11) is 2.67. The van der Waals surface area contributed by atoms with Gasteiger partial charge in [0.15, 0.2) is 0 Å². The summed E-state index contributed by atoms with van der Waals surface area (Å²) in [5.41, 5.74) is 0.188. The Bertz CT molecular complexity index is 1260. The summed E-state index contributed by atoms with van der Waals surface area (Å²) in [6.07, 6.45) is -2.41. The second-order valence-corrected chi connectivity index (χ2v) is 10.3. The zero-order chi connectivity index (χ0) is 29.7. The molecule has 2 fully saturated rings. The number of halogens is 4. The summed E-state index contributed by atoms with van der Waals surface area (Å²) in [4.78, 5) is 43.1. The molecular formula is C28H31ClF3N3O6. The van der Waals surface area contributed by atoms with E-state index in [0.717, 1.165) is 11.0 Å². The van der Waals surface area contributed by atoms with Crippen molar-refractivity contribution in [1.82, 2.24) is 10.2 Å². The van der Waals surface area contributed by atoms with Gasteiger partial charge in [0.25, 0.3) is 11.8 Å². The van der Waals surface area contributed by atoms with E-state index in [9.17, 15) is 27.6 Å². The van der Waals surface area contributed by atoms with Crippen LogP contribution >= 0.6 is 11.6 Å². The molecule has 0 spiro atoms. The number of methoxy groups -OCH3 is 2. The number of carbonyl (C=O) groups excluding carboxylic acids is 3. The van der Waals surface area contributed by atoms with Gasteiger partial charge in [-0.25, -0.2) is 18.0 Å². The number of benzene rings is 2. The van der Waals surface area contributed by atoms with Gasteiger partial charge in [0.2, 0.25) is 5.91 Å². The number of nitrogens with one attached hydrogen (secondary N) is 1. The van der Waals surface area contributed by atoms with E-state index in [1.54, 1.807) is 12.1 Å². The molecule has 1 saturated carbocycles. The first-order valence-electron chi connectivity index (χ1n) is 13.0. The van der Waals surface area contributed by atoms with Gasteiger partial charge >= 0.3 is 6.09 Å². The third-order valence-corrected chi connectivity index (χ3v) is 7.41. The highest BCUT2D eigenvalue weighted by Gasteiger charge is 2.49. The molecule has 0 aromatic heterocycles. The van der Waals surface area contributed by atoms with E-state index in [0.29, 0.717) is 0 Å². The molecule has 1 aliphatic heterocycles. The van der Waals surface area contributed by atoms with Crippen molar-refractivity contribution in [2.75, 3.05) is 38.9 Å². The van der Waals surface area contributed by atoms with Gasteiger partial charge in [-0.15, -0.1) is 0 Å². The third-order valence-electron chi connectivity index (χ3n) is 7.06. The maximum atomic E-state index is 14.5. The maximum Gasteiger partial charge on any atom is 0.410 e. The van der Waals surface area contributed by atoms with Crippen LogP contribution in [0.15, 0.2) is 48.5 Å². The summed E-state index contributed by atoms with van der Waals surface area (Å²) in [5, 5.41) is 2.71. The Morgan fingerprint density at radius 1 is 1.12 bits per heavy atom. The Hall–Kier alpha value is -3.35. The van der Waals surface area contributed by atoms with E-state index < -0.39 is 66.7 Å². The average molecular weight is 598 g/mol. The van der Waals surface area contributed by atoms with E-state index >= 15 is 0 Å². The number of amides is 3. The first-order chi connectivity index (χ1) is 19.5. The van der Waals surface area contributed by atoms with Crippen LogP contribution in [0.1, 0.15) is 30.9 Å². The molecule has 1 heterocycles. The monoisotopic (exact) mass is 597 g/mol. The van der Waals surface area contributed by atoms with E-state index in [1.165, 1.54) is 49.5 Å². The predicted octanol–water partition coefficient (Wildman–Crippen LogP) is 4.34. The van der Waals surface area contributed by atoms with Crippen LogP contribution in [-0.2, 0) is 23.8 Å². The van der Waals surface area contributed by atoms with Crippen molar-refractivity contribution in [3.8, 4) is 0 Å². The molecule has 0 unspecified atom stereocenters. The molecule has 9 nitrogen and oxygen atoms in total. The van der Waals surface area contributed by atoms with Gasteiger partial charge in [0.1, 0.15) is 17.9 Å². The lowest BCUT2D eigenvalue weighted by atomic mass is 9.87. The number of nitrogens with zero attached hydrogens (tertiary/aromatic N) is 2. The van der Waals surface area contributed by atoms with Gasteiger partial charge in [-0.2, -0.15) is 0 Å². The van der Waals surface area contributed by atoms with E-state index in [1.807, 2.05) is 0 Å². The van der Waals surface area contributed by atoms with Gasteiger partial charge in [0.05, 0.1) is 33.0 Å². The van der Waals surface area contributed by atoms with Crippen molar-refractivity contribution in [2.24, 2.45) is 0 Å². The summed E-state index contributed by atoms with van der Waals surface area (Å²) in [6.45, 7) is 0.517. The van der Waals surface area contributed by atoms with Crippen LogP contribution in [0.3, 0.4) is 0 Å². The van der Waals surface area contributed by atoms with E-state index in [2.05, 4.69) is 5.32 Å². The van der Waals surface area contributed by atoms with Crippen LogP contribution in [0.4, 0.5) is 23.7 Å². The molecule has 1 N–H and O–H groups in total. The zero-order valence-electron chi connectivity index (χ0n) is 22.5. The minimum atomic E-state index is -2.90. The highest BCUT2D eigenvalue weighted by atomic mass is 35.5. The number of ether oxygens (including phenoxy) is 3. The quantitative estimate of drug-likeness (QED) is 0.409. The summed E-state index contributed by atoms with van der Waals surface area (Å²) in [6, 6.07) is 7.81. The molecule has 2 aliphatic rings. The molecule has 2 aromatic rings. The van der Waals surface area contributed by atoms with Crippen molar-refractivity contribution in [1.29, 1.82) is 0 Å². The lowest BCUT2D eigenvalue weighted by Crippen LogP contribution is -2.56. The minimum Gasteiger partial charge on any atom is -0.453 e. The van der Waals surface area contributed by atoms with Gasteiger partial charge in [0, 0.05) is 48.7 Å². The lowest BCUT2D eigenvalue weighted by molar-refractivity contribution is -0.133. The van der Waals surface area contributed by atoms with Gasteiger partial charge in [-0.05, 0) is 24.3 Å². The molecular weight excluding hydrogens is 567 g/mol. The van der Waals surface area contributed by atoms with Crippen molar-refractivity contribution in [3.05, 3.63) is 64.9 Å². The maximum absolute atomic E-state index is 14.5. The van der Waals surface area contributed by atoms with Crippen LogP contribution in [0, 0.1) is 5.82 Å². The number of likely N-dealkylation sites (tertiary alicyclic amines) is 1. The van der Waals surface area contributed by atoms with Crippen LogP contribution in [0.5, 0.6) is 0 Å². The molecule has 41 heavy (non-hydrogen) atoms. The van der Waals surface area contributed by atoms with Crippen molar-refractivity contribution in [3.63, 3.8) is 0 Å². The van der Waals surface area contributed by atoms with Crippen LogP contribution in [-0.4, -0.2) is 80.9 Å². The minimum absolute atomic E-state index is 0.00239. The Morgan fingerprint density at radius 3 is 2.49 bits per heavy atom. The number of carbonyl (C=O) groups is 3. The summed E-state index contributed by atoms with van der Waals surface area (Å²) < 4.78 is 57.4. The molecule has 3 atom stereocenters. The fourth-order valence-electron chi connectivity index (χ4n) is 5.10. The molecule has 1 saturated heterocycles. The SMILES string of the molecule is COCCO[C@@H]1C[C@@H](C(=O)N(c2cccc(F)c2)[C@H](C(=O)NC2CC(F)(F)C2)c2ccccc2Cl)N(C(=O)OC)C1. The van der Waals surface area contributed by atoms with Crippen molar-refractivity contribution >= 4 is 35.2 Å². The van der Waals surface area contributed by atoms with Crippen LogP contribution in [0.2, 0.25) is 5.02 Å². The van der Waals surface area contributed by atoms with Gasteiger partial charge < -0.3 is 19.5 Å². The van der Waals surface area contributed by atoms with Crippen molar-refractivity contribution in [2.45, 2.75) is 49.4 Å². The molecule has 1 aliphatic carbocycles. The molecule has 222 valence electrons. The molecule has 13 heteroatoms. The largest absolute Gasteiger partial charge is 0.453 e. The Morgan fingerprint density at radius 2 is 1.85 bits per heavy atom. The Labute approximate surface area is 240 Å². The van der Waals surface area contributed by atoms with E-state index in [4.69, 9.17) is 25.8 Å². The molecule has 4 rings (SSSR count). The number of rotatable bonds is 10. The number of anilines is 1. The summed E-state index contributed by atoms with van der Waals surface area (Å²) in [5.74, 6) is -5.11. The standard InChI is InChI=1S/C28H31ClF3N3O6/c1-39-10-11-41-20-13-23(34(16-20)27(38)40-2)26(37)35(19-7-5-6-17(30)12-19)24(21-8-3-4-9-22(21)29)25(36)33-18-14-28(31,32)15-18/h3-9,12,18,20,23-24H,10-11,13-16H2,1-2H3,(H,33,36)/t20-,23+,24+/m1/s1. The first kappa shape index (κ1) is 30.6. The second-order valence-electron chi connectivity index (χ2n) is 9.94. The number of hydrogen-bond acceptors (Lipinski definition) is 6. The number of hydrogen-bond donors (Lipinski definition) is 1. The summed E-state index contributed by atoms with van der Waals surface area (Å²) >= 11 is 6.49. The molecule has 2 aromatic carbocycles. The lowest BCUT2D eigenvalue weighted by Gasteiger charge is -2.39. The molecule has 0 radical (unpaired) electrons.